The zero-order valence-electron chi connectivity index (χ0n) is 9.08. The normalized spacial score (nSPS) is 11.1. The van der Waals surface area contributed by atoms with Gasteiger partial charge in [-0.3, -0.25) is 4.79 Å². The number of hydrogen-bond acceptors (Lipinski definition) is 1. The van der Waals surface area contributed by atoms with E-state index in [-0.39, 0.29) is 5.56 Å². The summed E-state index contributed by atoms with van der Waals surface area (Å²) in [6.07, 6.45) is 2.76. The van der Waals surface area contributed by atoms with Gasteiger partial charge in [0.25, 0.3) is 5.56 Å². The first-order valence-corrected chi connectivity index (χ1v) is 5.27. The van der Waals surface area contributed by atoms with Crippen LogP contribution in [0.5, 0.6) is 0 Å². The lowest BCUT2D eigenvalue weighted by Gasteiger charge is -2.05. The fourth-order valence-corrected chi connectivity index (χ4v) is 1.84. The van der Waals surface area contributed by atoms with Gasteiger partial charge in [-0.2, -0.15) is 0 Å². The number of hydrogen-bond donors (Lipinski definition) is 1. The Balaban J connectivity index is 2.52. The predicted octanol–water partition coefficient (Wildman–Crippen LogP) is 2.73. The standard InChI is InChI=1S/C13H15NO/c1-9(2)7-10-3-4-12-11(8-10)5-6-14-13(12)15/h3-6,8-9H,7H2,1-2H3,(H,14,15). The maximum atomic E-state index is 11.5. The third kappa shape index (κ3) is 2.09. The molecule has 0 bridgehead atoms. The van der Waals surface area contributed by atoms with Crippen molar-refractivity contribution >= 4 is 10.8 Å². The van der Waals surface area contributed by atoms with E-state index in [1.807, 2.05) is 18.2 Å². The number of aromatic nitrogens is 1. The van der Waals surface area contributed by atoms with Crippen molar-refractivity contribution in [3.63, 3.8) is 0 Å². The van der Waals surface area contributed by atoms with Crippen LogP contribution in [0.3, 0.4) is 0 Å². The van der Waals surface area contributed by atoms with Gasteiger partial charge >= 0.3 is 0 Å². The topological polar surface area (TPSA) is 32.9 Å². The average molecular weight is 201 g/mol. The highest BCUT2D eigenvalue weighted by atomic mass is 16.1. The van der Waals surface area contributed by atoms with E-state index in [4.69, 9.17) is 0 Å². The van der Waals surface area contributed by atoms with E-state index in [1.54, 1.807) is 6.20 Å². The van der Waals surface area contributed by atoms with Crippen LogP contribution in [0.15, 0.2) is 35.3 Å². The molecule has 0 spiro atoms. The minimum atomic E-state index is -0.0106. The molecule has 78 valence electrons. The highest BCUT2D eigenvalue weighted by Gasteiger charge is 2.01. The van der Waals surface area contributed by atoms with Crippen LogP contribution in [0.25, 0.3) is 10.8 Å². The molecule has 1 N–H and O–H groups in total. The molecule has 15 heavy (non-hydrogen) atoms. The van der Waals surface area contributed by atoms with Crippen molar-refractivity contribution in [3.8, 4) is 0 Å². The summed E-state index contributed by atoms with van der Waals surface area (Å²) in [5.41, 5.74) is 1.28. The summed E-state index contributed by atoms with van der Waals surface area (Å²) in [5.74, 6) is 0.643. The van der Waals surface area contributed by atoms with Gasteiger partial charge in [0.1, 0.15) is 0 Å². The van der Waals surface area contributed by atoms with Crippen LogP contribution in [0.4, 0.5) is 0 Å². The molecule has 2 aromatic rings. The quantitative estimate of drug-likeness (QED) is 0.796. The second-order valence-corrected chi connectivity index (χ2v) is 4.33. The number of fused-ring (bicyclic) bond motifs is 1. The number of nitrogens with one attached hydrogen (secondary N) is 1. The first-order chi connectivity index (χ1) is 7.16. The molecule has 1 aromatic carbocycles. The summed E-state index contributed by atoms with van der Waals surface area (Å²) in [7, 11) is 0. The Kier molecular flexibility index (Phi) is 2.58. The maximum absolute atomic E-state index is 11.5. The Hall–Kier alpha value is -1.57. The number of aromatic amines is 1. The largest absolute Gasteiger partial charge is 0.329 e. The van der Waals surface area contributed by atoms with Crippen molar-refractivity contribution in [1.29, 1.82) is 0 Å². The summed E-state index contributed by atoms with van der Waals surface area (Å²) in [6.45, 7) is 4.39. The Bertz CT molecular complexity index is 525. The Morgan fingerprint density at radius 3 is 2.80 bits per heavy atom. The van der Waals surface area contributed by atoms with E-state index in [0.29, 0.717) is 5.92 Å². The van der Waals surface area contributed by atoms with Crippen LogP contribution in [0.2, 0.25) is 0 Å². The zero-order valence-corrected chi connectivity index (χ0v) is 9.08. The average Bonchev–Trinajstić information content (AvgIpc) is 2.17. The molecular formula is C13H15NO. The summed E-state index contributed by atoms with van der Waals surface area (Å²) in [6, 6.07) is 7.99. The smallest absolute Gasteiger partial charge is 0.255 e. The second-order valence-electron chi connectivity index (χ2n) is 4.33. The molecule has 2 nitrogen and oxygen atoms in total. The summed E-state index contributed by atoms with van der Waals surface area (Å²) in [4.78, 5) is 14.1. The van der Waals surface area contributed by atoms with Crippen molar-refractivity contribution in [2.75, 3.05) is 0 Å². The number of pyridine rings is 1. The van der Waals surface area contributed by atoms with Crippen molar-refractivity contribution in [3.05, 3.63) is 46.4 Å². The third-order valence-corrected chi connectivity index (χ3v) is 2.48. The van der Waals surface area contributed by atoms with Crippen molar-refractivity contribution < 1.29 is 0 Å². The van der Waals surface area contributed by atoms with Crippen LogP contribution in [-0.2, 0) is 6.42 Å². The predicted molar refractivity (Wildman–Crippen MR) is 63.1 cm³/mol. The van der Waals surface area contributed by atoms with E-state index >= 15 is 0 Å². The van der Waals surface area contributed by atoms with Gasteiger partial charge in [-0.05, 0) is 35.4 Å². The van der Waals surface area contributed by atoms with Crippen LogP contribution in [0, 0.1) is 5.92 Å². The zero-order chi connectivity index (χ0) is 10.8. The van der Waals surface area contributed by atoms with Crippen LogP contribution < -0.4 is 5.56 Å². The highest BCUT2D eigenvalue weighted by molar-refractivity contribution is 5.81. The molecule has 0 saturated heterocycles. The lowest BCUT2D eigenvalue weighted by molar-refractivity contribution is 0.648. The van der Waals surface area contributed by atoms with Gasteiger partial charge in [-0.1, -0.05) is 26.0 Å². The van der Waals surface area contributed by atoms with E-state index in [1.165, 1.54) is 5.56 Å². The van der Waals surface area contributed by atoms with Gasteiger partial charge in [0, 0.05) is 11.6 Å². The minimum absolute atomic E-state index is 0.0106. The van der Waals surface area contributed by atoms with Gasteiger partial charge in [0.05, 0.1) is 0 Å². The summed E-state index contributed by atoms with van der Waals surface area (Å²) in [5, 5.41) is 1.79. The molecule has 0 unspecified atom stereocenters. The molecule has 2 heteroatoms. The summed E-state index contributed by atoms with van der Waals surface area (Å²) >= 11 is 0. The fraction of sp³-hybridized carbons (Fsp3) is 0.308. The molecule has 0 atom stereocenters. The highest BCUT2D eigenvalue weighted by Crippen LogP contribution is 2.14. The van der Waals surface area contributed by atoms with Crippen LogP contribution in [-0.4, -0.2) is 4.98 Å². The fourth-order valence-electron chi connectivity index (χ4n) is 1.84. The molecular weight excluding hydrogens is 186 g/mol. The monoisotopic (exact) mass is 201 g/mol. The van der Waals surface area contributed by atoms with Crippen LogP contribution >= 0.6 is 0 Å². The van der Waals surface area contributed by atoms with E-state index in [2.05, 4.69) is 24.9 Å². The number of benzene rings is 1. The molecule has 1 heterocycles. The van der Waals surface area contributed by atoms with E-state index in [0.717, 1.165) is 17.2 Å². The number of H-pyrrole nitrogens is 1. The lowest BCUT2D eigenvalue weighted by Crippen LogP contribution is -2.04. The molecule has 0 aliphatic heterocycles. The molecule has 0 fully saturated rings. The van der Waals surface area contributed by atoms with E-state index < -0.39 is 0 Å². The molecule has 2 rings (SSSR count). The maximum Gasteiger partial charge on any atom is 0.255 e. The van der Waals surface area contributed by atoms with Gasteiger partial charge in [-0.15, -0.1) is 0 Å². The second kappa shape index (κ2) is 3.89. The molecule has 0 radical (unpaired) electrons. The number of rotatable bonds is 2. The molecule has 0 saturated carbocycles. The third-order valence-electron chi connectivity index (χ3n) is 2.48. The Morgan fingerprint density at radius 2 is 2.07 bits per heavy atom. The Labute approximate surface area is 89.0 Å². The molecule has 0 aliphatic carbocycles. The van der Waals surface area contributed by atoms with Crippen LogP contribution in [0.1, 0.15) is 19.4 Å². The minimum Gasteiger partial charge on any atom is -0.329 e. The van der Waals surface area contributed by atoms with Gasteiger partial charge in [0.15, 0.2) is 0 Å². The van der Waals surface area contributed by atoms with Gasteiger partial charge in [-0.25, -0.2) is 0 Å². The first-order valence-electron chi connectivity index (χ1n) is 5.27. The molecule has 1 aromatic heterocycles. The SMILES string of the molecule is CC(C)Cc1ccc2c(=O)[nH]ccc2c1. The van der Waals surface area contributed by atoms with E-state index in [9.17, 15) is 4.79 Å². The molecule has 0 aliphatic rings. The summed E-state index contributed by atoms with van der Waals surface area (Å²) < 4.78 is 0. The van der Waals surface area contributed by atoms with Crippen molar-refractivity contribution in [2.45, 2.75) is 20.3 Å². The van der Waals surface area contributed by atoms with Crippen molar-refractivity contribution in [2.24, 2.45) is 5.92 Å². The van der Waals surface area contributed by atoms with Gasteiger partial charge in [0.2, 0.25) is 0 Å². The Morgan fingerprint density at radius 1 is 1.27 bits per heavy atom. The lowest BCUT2D eigenvalue weighted by atomic mass is 10.0. The molecule has 0 amide bonds. The van der Waals surface area contributed by atoms with Gasteiger partial charge < -0.3 is 4.98 Å². The first kappa shape index (κ1) is 9.97. The van der Waals surface area contributed by atoms with Crippen molar-refractivity contribution in [1.82, 2.24) is 4.98 Å².